The molecule has 6 nitrogen and oxygen atoms in total. The van der Waals surface area contributed by atoms with Crippen molar-refractivity contribution in [2.24, 2.45) is 5.92 Å². The summed E-state index contributed by atoms with van der Waals surface area (Å²) in [6.45, 7) is 6.85. The Morgan fingerprint density at radius 3 is 2.50 bits per heavy atom. The molecular formula is C22H22N4O2. The number of hydrogen-bond acceptors (Lipinski definition) is 4. The van der Waals surface area contributed by atoms with Crippen LogP contribution in [0.15, 0.2) is 52.1 Å². The zero-order chi connectivity index (χ0) is 19.8. The Kier molecular flexibility index (Phi) is 4.55. The van der Waals surface area contributed by atoms with Crippen molar-refractivity contribution in [3.8, 4) is 11.5 Å². The molecular weight excluding hydrogens is 352 g/mol. The van der Waals surface area contributed by atoms with Crippen molar-refractivity contribution in [3.63, 3.8) is 0 Å². The monoisotopic (exact) mass is 374 g/mol. The molecule has 0 amide bonds. The number of aromatic amines is 1. The molecule has 2 aliphatic heterocycles. The molecule has 1 N–H and O–H groups in total. The number of nitrogens with one attached hydrogen (secondary N) is 1. The van der Waals surface area contributed by atoms with Gasteiger partial charge in [0.25, 0.3) is 5.56 Å². The van der Waals surface area contributed by atoms with E-state index in [2.05, 4.69) is 40.1 Å². The van der Waals surface area contributed by atoms with Crippen molar-refractivity contribution in [2.75, 3.05) is 0 Å². The summed E-state index contributed by atoms with van der Waals surface area (Å²) < 4.78 is 1.97. The zero-order valence-corrected chi connectivity index (χ0v) is 16.2. The summed E-state index contributed by atoms with van der Waals surface area (Å²) >= 11 is 0. The number of nitrogens with zero attached hydrogens (tertiary/aromatic N) is 3. The molecule has 28 heavy (non-hydrogen) atoms. The van der Waals surface area contributed by atoms with Crippen LogP contribution in [0.5, 0.6) is 0 Å². The lowest BCUT2D eigenvalue weighted by Crippen LogP contribution is -2.29. The van der Waals surface area contributed by atoms with Crippen LogP contribution in [0.2, 0.25) is 0 Å². The number of fused-ring (bicyclic) bond motifs is 2. The third-order valence-corrected chi connectivity index (χ3v) is 5.15. The highest BCUT2D eigenvalue weighted by atomic mass is 16.2. The lowest BCUT2D eigenvalue weighted by molar-refractivity contribution is 0.485. The van der Waals surface area contributed by atoms with E-state index in [9.17, 15) is 9.59 Å². The van der Waals surface area contributed by atoms with Gasteiger partial charge in [0.2, 0.25) is 0 Å². The fourth-order valence-corrected chi connectivity index (χ4v) is 3.63. The number of H-pyrrole nitrogens is 1. The Hall–Kier alpha value is -3.28. The summed E-state index contributed by atoms with van der Waals surface area (Å²) in [6, 6.07) is 14.3. The molecule has 2 aromatic carbocycles. The number of aromatic nitrogens is 4. The molecule has 0 aliphatic carbocycles. The van der Waals surface area contributed by atoms with Gasteiger partial charge in [0.1, 0.15) is 0 Å². The molecule has 2 aliphatic rings. The first-order valence-corrected chi connectivity index (χ1v) is 9.38. The summed E-state index contributed by atoms with van der Waals surface area (Å²) in [7, 11) is 0. The molecule has 1 unspecified atom stereocenters. The van der Waals surface area contributed by atoms with E-state index in [1.54, 1.807) is 0 Å². The first-order valence-electron chi connectivity index (χ1n) is 9.38. The van der Waals surface area contributed by atoms with Gasteiger partial charge in [-0.25, -0.2) is 9.78 Å². The minimum Gasteiger partial charge on any atom is -0.322 e. The van der Waals surface area contributed by atoms with Gasteiger partial charge < -0.3 is 4.57 Å². The van der Waals surface area contributed by atoms with E-state index in [0.29, 0.717) is 12.4 Å². The smallest absolute Gasteiger partial charge is 0.322 e. The van der Waals surface area contributed by atoms with Crippen LogP contribution in [-0.2, 0) is 13.0 Å². The summed E-state index contributed by atoms with van der Waals surface area (Å²) in [6.07, 6.45) is 0.886. The Bertz CT molecular complexity index is 1240. The Morgan fingerprint density at radius 1 is 1.04 bits per heavy atom. The minimum absolute atomic E-state index is 0.197. The Morgan fingerprint density at radius 2 is 1.75 bits per heavy atom. The molecule has 4 rings (SSSR count). The Labute approximate surface area is 162 Å². The van der Waals surface area contributed by atoms with Crippen LogP contribution >= 0.6 is 0 Å². The highest BCUT2D eigenvalue weighted by Crippen LogP contribution is 2.25. The van der Waals surface area contributed by atoms with Gasteiger partial charge in [-0.05, 0) is 55.0 Å². The fourth-order valence-electron chi connectivity index (χ4n) is 3.63. The van der Waals surface area contributed by atoms with Crippen LogP contribution in [0, 0.1) is 19.8 Å². The average Bonchev–Trinajstić information content (AvgIpc) is 2.65. The van der Waals surface area contributed by atoms with E-state index in [1.165, 1.54) is 5.56 Å². The highest BCUT2D eigenvalue weighted by molar-refractivity contribution is 5.81. The Balaban J connectivity index is 1.89. The highest BCUT2D eigenvalue weighted by Gasteiger charge is 2.20. The third-order valence-electron chi connectivity index (χ3n) is 5.15. The van der Waals surface area contributed by atoms with Gasteiger partial charge in [0, 0.05) is 6.54 Å². The van der Waals surface area contributed by atoms with E-state index in [-0.39, 0.29) is 11.6 Å². The standard InChI is InChI=1S/C22H22N4O2/c1-13(9-16-7-5-4-6-8-16)12-26-18-11-15(3)14(2)10-17(18)23-19-20(26)24-22(28)25-21(19)27/h4-8,10-11,13H,9,12H2,1-3H3,(H,25,27,28). The molecule has 2 aromatic rings. The lowest BCUT2D eigenvalue weighted by atomic mass is 10.0. The molecule has 2 heterocycles. The summed E-state index contributed by atoms with van der Waals surface area (Å²) in [5, 5.41) is 0. The first-order chi connectivity index (χ1) is 13.4. The van der Waals surface area contributed by atoms with Crippen LogP contribution in [0.25, 0.3) is 22.6 Å². The van der Waals surface area contributed by atoms with Gasteiger partial charge in [-0.1, -0.05) is 37.3 Å². The van der Waals surface area contributed by atoms with Crippen molar-refractivity contribution in [1.29, 1.82) is 0 Å². The zero-order valence-electron chi connectivity index (χ0n) is 16.2. The van der Waals surface area contributed by atoms with E-state index in [4.69, 9.17) is 0 Å². The molecule has 0 bridgehead atoms. The summed E-state index contributed by atoms with van der Waals surface area (Å²) in [5.74, 6) is 0.614. The van der Waals surface area contributed by atoms with Crippen molar-refractivity contribution in [1.82, 2.24) is 19.5 Å². The predicted octanol–water partition coefficient (Wildman–Crippen LogP) is 3.08. The second-order valence-corrected chi connectivity index (χ2v) is 7.49. The van der Waals surface area contributed by atoms with E-state index < -0.39 is 11.2 Å². The van der Waals surface area contributed by atoms with Crippen LogP contribution in [0.1, 0.15) is 23.6 Å². The molecule has 0 aromatic heterocycles. The van der Waals surface area contributed by atoms with Crippen molar-refractivity contribution in [2.45, 2.75) is 33.7 Å². The van der Waals surface area contributed by atoms with E-state index in [1.807, 2.05) is 42.7 Å². The molecule has 6 heteroatoms. The molecule has 0 fully saturated rings. The average molecular weight is 374 g/mol. The van der Waals surface area contributed by atoms with Gasteiger partial charge in [-0.2, -0.15) is 4.98 Å². The number of hydrogen-bond donors (Lipinski definition) is 1. The quantitative estimate of drug-likeness (QED) is 0.557. The van der Waals surface area contributed by atoms with Crippen molar-refractivity contribution < 1.29 is 0 Å². The molecule has 142 valence electrons. The lowest BCUT2D eigenvalue weighted by Gasteiger charge is -2.21. The molecule has 0 radical (unpaired) electrons. The van der Waals surface area contributed by atoms with Crippen LogP contribution in [-0.4, -0.2) is 19.5 Å². The van der Waals surface area contributed by atoms with E-state index >= 15 is 0 Å². The predicted molar refractivity (Wildman–Crippen MR) is 110 cm³/mol. The molecule has 1 atom stereocenters. The maximum atomic E-state index is 12.4. The second kappa shape index (κ2) is 7.03. The third kappa shape index (κ3) is 3.33. The van der Waals surface area contributed by atoms with Crippen LogP contribution in [0.4, 0.5) is 0 Å². The van der Waals surface area contributed by atoms with Gasteiger partial charge in [0.15, 0.2) is 11.5 Å². The summed E-state index contributed by atoms with van der Waals surface area (Å²) in [5.41, 5.74) is 4.15. The maximum absolute atomic E-state index is 12.4. The SMILES string of the molecule is Cc1cc2nc3c(=O)[nH]c(=O)nc-3n(CC(C)Cc3ccccc3)c2cc1C. The van der Waals surface area contributed by atoms with Gasteiger partial charge in [-0.15, -0.1) is 0 Å². The van der Waals surface area contributed by atoms with Gasteiger partial charge in [0.05, 0.1) is 11.0 Å². The minimum atomic E-state index is -0.646. The van der Waals surface area contributed by atoms with Crippen LogP contribution in [0.3, 0.4) is 0 Å². The summed E-state index contributed by atoms with van der Waals surface area (Å²) in [4.78, 5) is 35.1. The molecule has 0 saturated heterocycles. The van der Waals surface area contributed by atoms with Crippen molar-refractivity contribution in [3.05, 3.63) is 80.0 Å². The topological polar surface area (TPSA) is 80.6 Å². The van der Waals surface area contributed by atoms with Gasteiger partial charge in [-0.3, -0.25) is 9.78 Å². The van der Waals surface area contributed by atoms with Crippen molar-refractivity contribution >= 4 is 11.0 Å². The second-order valence-electron chi connectivity index (χ2n) is 7.49. The molecule has 0 saturated carbocycles. The normalized spacial score (nSPS) is 12.5. The first kappa shape index (κ1) is 18.1. The number of rotatable bonds is 4. The maximum Gasteiger partial charge on any atom is 0.349 e. The fraction of sp³-hybridized carbons (Fsp3) is 0.273. The van der Waals surface area contributed by atoms with E-state index in [0.717, 1.165) is 28.6 Å². The largest absolute Gasteiger partial charge is 0.349 e. The van der Waals surface area contributed by atoms with Crippen LogP contribution < -0.4 is 11.2 Å². The van der Waals surface area contributed by atoms with Gasteiger partial charge >= 0.3 is 5.69 Å². The molecule has 0 spiro atoms. The number of benzene rings is 2. The number of aryl methyl sites for hydroxylation is 2.